The van der Waals surface area contributed by atoms with Crippen molar-refractivity contribution in [1.29, 1.82) is 0 Å². The lowest BCUT2D eigenvalue weighted by atomic mass is 10.1. The van der Waals surface area contributed by atoms with Gasteiger partial charge in [0.05, 0.1) is 14.2 Å². The molecule has 2 aromatic rings. The van der Waals surface area contributed by atoms with Crippen LogP contribution in [0.4, 0.5) is 5.69 Å². The van der Waals surface area contributed by atoms with Gasteiger partial charge in [-0.3, -0.25) is 4.79 Å². The van der Waals surface area contributed by atoms with E-state index >= 15 is 0 Å². The number of nitrogens with zero attached hydrogens (tertiary/aromatic N) is 1. The molecule has 2 aromatic carbocycles. The molecule has 0 saturated heterocycles. The quantitative estimate of drug-likeness (QED) is 0.804. The number of methoxy groups -OCH3 is 2. The molecule has 0 fully saturated rings. The van der Waals surface area contributed by atoms with Gasteiger partial charge in [0.25, 0.3) is 5.91 Å². The van der Waals surface area contributed by atoms with Gasteiger partial charge in [-0.05, 0) is 49.1 Å². The number of fused-ring (bicyclic) bond motifs is 1. The minimum absolute atomic E-state index is 0.0935. The molecule has 3 rings (SSSR count). The van der Waals surface area contributed by atoms with E-state index in [-0.39, 0.29) is 5.91 Å². The Kier molecular flexibility index (Phi) is 5.03. The Morgan fingerprint density at radius 3 is 2.60 bits per heavy atom. The van der Waals surface area contributed by atoms with Gasteiger partial charge in [-0.15, -0.1) is 0 Å². The van der Waals surface area contributed by atoms with E-state index in [0.29, 0.717) is 23.4 Å². The number of carbonyl (C=O) groups is 2. The van der Waals surface area contributed by atoms with Crippen LogP contribution in [0, 0.1) is 0 Å². The molecule has 5 nitrogen and oxygen atoms in total. The number of hydrogen-bond donors (Lipinski definition) is 0. The number of anilines is 1. The minimum atomic E-state index is -0.490. The molecule has 0 atom stereocenters. The second kappa shape index (κ2) is 7.38. The van der Waals surface area contributed by atoms with Crippen molar-refractivity contribution in [2.24, 2.45) is 0 Å². The highest BCUT2D eigenvalue weighted by Crippen LogP contribution is 2.29. The number of benzene rings is 2. The van der Waals surface area contributed by atoms with Gasteiger partial charge in [0.1, 0.15) is 11.3 Å². The Morgan fingerprint density at radius 1 is 1.04 bits per heavy atom. The van der Waals surface area contributed by atoms with E-state index in [1.807, 2.05) is 23.1 Å². The van der Waals surface area contributed by atoms with E-state index < -0.39 is 5.97 Å². The summed E-state index contributed by atoms with van der Waals surface area (Å²) in [7, 11) is 2.78. The molecule has 1 amide bonds. The Hall–Kier alpha value is -2.82. The maximum absolute atomic E-state index is 13.1. The largest absolute Gasteiger partial charge is 0.496 e. The van der Waals surface area contributed by atoms with Crippen molar-refractivity contribution in [1.82, 2.24) is 0 Å². The van der Waals surface area contributed by atoms with Gasteiger partial charge in [-0.25, -0.2) is 4.79 Å². The van der Waals surface area contributed by atoms with Crippen LogP contribution >= 0.6 is 0 Å². The number of esters is 1. The summed E-state index contributed by atoms with van der Waals surface area (Å²) in [5.41, 5.74) is 2.94. The third-order valence-electron chi connectivity index (χ3n) is 4.46. The van der Waals surface area contributed by atoms with Crippen LogP contribution in [0.1, 0.15) is 39.1 Å². The van der Waals surface area contributed by atoms with Gasteiger partial charge in [0, 0.05) is 17.8 Å². The van der Waals surface area contributed by atoms with Crippen molar-refractivity contribution < 1.29 is 19.1 Å². The molecule has 1 heterocycles. The second-order valence-electron chi connectivity index (χ2n) is 5.95. The Labute approximate surface area is 147 Å². The summed E-state index contributed by atoms with van der Waals surface area (Å²) < 4.78 is 10.0. The number of amides is 1. The summed E-state index contributed by atoms with van der Waals surface area (Å²) in [6, 6.07) is 12.8. The summed E-state index contributed by atoms with van der Waals surface area (Å²) in [5.74, 6) is -0.249. The molecule has 25 heavy (non-hydrogen) atoms. The molecule has 1 aliphatic heterocycles. The molecule has 0 aliphatic carbocycles. The number of rotatable bonds is 3. The Balaban J connectivity index is 1.97. The zero-order chi connectivity index (χ0) is 17.8. The number of aryl methyl sites for hydroxylation is 1. The molecule has 0 unspecified atom stereocenters. The fraction of sp³-hybridized carbons (Fsp3) is 0.300. The zero-order valence-electron chi connectivity index (χ0n) is 14.5. The number of para-hydroxylation sites is 1. The molecular weight excluding hydrogens is 318 g/mol. The van der Waals surface area contributed by atoms with Gasteiger partial charge in [0.2, 0.25) is 0 Å². The molecular formula is C20H21NO4. The van der Waals surface area contributed by atoms with Crippen molar-refractivity contribution >= 4 is 17.6 Å². The summed E-state index contributed by atoms with van der Waals surface area (Å²) in [6.45, 7) is 0.677. The molecule has 130 valence electrons. The minimum Gasteiger partial charge on any atom is -0.496 e. The third kappa shape index (κ3) is 3.36. The fourth-order valence-corrected chi connectivity index (χ4v) is 3.16. The summed E-state index contributed by atoms with van der Waals surface area (Å²) >= 11 is 0. The standard InChI is InChI=1S/C20H21NO4/c1-24-18-13-15(10-11-16(18)20(23)25-2)19(22)21-12-6-5-8-14-7-3-4-9-17(14)21/h3-4,7,9-11,13H,5-6,8,12H2,1-2H3. The van der Waals surface area contributed by atoms with Gasteiger partial charge in [0.15, 0.2) is 0 Å². The summed E-state index contributed by atoms with van der Waals surface area (Å²) in [5, 5.41) is 0. The van der Waals surface area contributed by atoms with Crippen LogP contribution in [0.2, 0.25) is 0 Å². The predicted octanol–water partition coefficient (Wildman–Crippen LogP) is 3.46. The van der Waals surface area contributed by atoms with Gasteiger partial charge in [-0.1, -0.05) is 18.2 Å². The van der Waals surface area contributed by atoms with Crippen LogP contribution in [-0.2, 0) is 11.2 Å². The summed E-state index contributed by atoms with van der Waals surface area (Å²) in [4.78, 5) is 26.7. The lowest BCUT2D eigenvalue weighted by molar-refractivity contribution is 0.0596. The Bertz CT molecular complexity index is 800. The molecule has 0 radical (unpaired) electrons. The first-order chi connectivity index (χ1) is 12.2. The van der Waals surface area contributed by atoms with Gasteiger partial charge < -0.3 is 14.4 Å². The number of hydrogen-bond acceptors (Lipinski definition) is 4. The van der Waals surface area contributed by atoms with E-state index in [1.165, 1.54) is 19.8 Å². The average Bonchev–Trinajstić information content (AvgIpc) is 2.88. The van der Waals surface area contributed by atoms with E-state index in [9.17, 15) is 9.59 Å². The average molecular weight is 339 g/mol. The molecule has 0 spiro atoms. The summed E-state index contributed by atoms with van der Waals surface area (Å²) in [6.07, 6.45) is 2.99. The van der Waals surface area contributed by atoms with Crippen LogP contribution in [0.5, 0.6) is 5.75 Å². The second-order valence-corrected chi connectivity index (χ2v) is 5.95. The molecule has 1 aliphatic rings. The van der Waals surface area contributed by atoms with Crippen LogP contribution in [0.15, 0.2) is 42.5 Å². The van der Waals surface area contributed by atoms with E-state index in [2.05, 4.69) is 6.07 Å². The molecule has 0 bridgehead atoms. The fourth-order valence-electron chi connectivity index (χ4n) is 3.16. The van der Waals surface area contributed by atoms with E-state index in [4.69, 9.17) is 9.47 Å². The lowest BCUT2D eigenvalue weighted by Crippen LogP contribution is -2.31. The third-order valence-corrected chi connectivity index (χ3v) is 4.46. The smallest absolute Gasteiger partial charge is 0.341 e. The Morgan fingerprint density at radius 2 is 1.84 bits per heavy atom. The topological polar surface area (TPSA) is 55.8 Å². The maximum Gasteiger partial charge on any atom is 0.341 e. The number of ether oxygens (including phenoxy) is 2. The lowest BCUT2D eigenvalue weighted by Gasteiger charge is -2.23. The first-order valence-electron chi connectivity index (χ1n) is 8.32. The molecule has 0 saturated carbocycles. The van der Waals surface area contributed by atoms with E-state index in [0.717, 1.165) is 24.9 Å². The molecule has 0 N–H and O–H groups in total. The highest BCUT2D eigenvalue weighted by molar-refractivity contribution is 6.07. The maximum atomic E-state index is 13.1. The van der Waals surface area contributed by atoms with Crippen LogP contribution in [-0.4, -0.2) is 32.6 Å². The van der Waals surface area contributed by atoms with E-state index in [1.54, 1.807) is 18.2 Å². The first-order valence-corrected chi connectivity index (χ1v) is 8.32. The molecule has 5 heteroatoms. The monoisotopic (exact) mass is 339 g/mol. The van der Waals surface area contributed by atoms with Gasteiger partial charge in [-0.2, -0.15) is 0 Å². The molecule has 0 aromatic heterocycles. The number of carbonyl (C=O) groups excluding carboxylic acids is 2. The van der Waals surface area contributed by atoms with Crippen LogP contribution in [0.3, 0.4) is 0 Å². The van der Waals surface area contributed by atoms with Gasteiger partial charge >= 0.3 is 5.97 Å². The van der Waals surface area contributed by atoms with Crippen molar-refractivity contribution in [3.8, 4) is 5.75 Å². The highest BCUT2D eigenvalue weighted by atomic mass is 16.5. The predicted molar refractivity (Wildman–Crippen MR) is 95.4 cm³/mol. The normalized spacial score (nSPS) is 13.6. The SMILES string of the molecule is COC(=O)c1ccc(C(=O)N2CCCCc3ccccc32)cc1OC. The highest BCUT2D eigenvalue weighted by Gasteiger charge is 2.23. The van der Waals surface area contributed by atoms with Crippen molar-refractivity contribution in [3.63, 3.8) is 0 Å². The zero-order valence-corrected chi connectivity index (χ0v) is 14.5. The van der Waals surface area contributed by atoms with Crippen molar-refractivity contribution in [2.45, 2.75) is 19.3 Å². The first kappa shape index (κ1) is 17.0. The van der Waals surface area contributed by atoms with Crippen LogP contribution < -0.4 is 9.64 Å². The van der Waals surface area contributed by atoms with Crippen molar-refractivity contribution in [2.75, 3.05) is 25.7 Å². The van der Waals surface area contributed by atoms with Crippen molar-refractivity contribution in [3.05, 3.63) is 59.2 Å². The van der Waals surface area contributed by atoms with Crippen LogP contribution in [0.25, 0.3) is 0 Å².